The SMILES string of the molecule is COc1ccc(CC(=O)Nc2cc(S(=O)(=O)N3CCCC3)sc2C)cc1OC. The first kappa shape index (κ1) is 20.6. The largest absolute Gasteiger partial charge is 0.493 e. The molecule has 0 unspecified atom stereocenters. The van der Waals surface area contributed by atoms with Crippen LogP contribution < -0.4 is 14.8 Å². The standard InChI is InChI=1S/C19H24N2O5S2/c1-13-15(12-19(27-13)28(23,24)21-8-4-5-9-21)20-18(22)11-14-6-7-16(25-2)17(10-14)26-3/h6-7,10,12H,4-5,8-9,11H2,1-3H3,(H,20,22). The fourth-order valence-electron chi connectivity index (χ4n) is 3.13. The highest BCUT2D eigenvalue weighted by molar-refractivity contribution is 7.91. The van der Waals surface area contributed by atoms with Gasteiger partial charge in [0.2, 0.25) is 5.91 Å². The number of nitrogens with zero attached hydrogens (tertiary/aromatic N) is 1. The van der Waals surface area contributed by atoms with Crippen LogP contribution in [0.25, 0.3) is 0 Å². The van der Waals surface area contributed by atoms with Gasteiger partial charge in [-0.05, 0) is 43.5 Å². The molecule has 1 aromatic heterocycles. The van der Waals surface area contributed by atoms with Crippen LogP contribution in [0.2, 0.25) is 0 Å². The van der Waals surface area contributed by atoms with Crippen molar-refractivity contribution in [2.75, 3.05) is 32.6 Å². The Hall–Kier alpha value is -2.10. The van der Waals surface area contributed by atoms with Gasteiger partial charge in [0, 0.05) is 18.0 Å². The molecule has 152 valence electrons. The molecule has 0 radical (unpaired) electrons. The summed E-state index contributed by atoms with van der Waals surface area (Å²) < 4.78 is 37.6. The van der Waals surface area contributed by atoms with Crippen LogP contribution in [0.15, 0.2) is 28.5 Å². The third-order valence-corrected chi connectivity index (χ3v) is 8.04. The van der Waals surface area contributed by atoms with Crippen molar-refractivity contribution in [2.45, 2.75) is 30.4 Å². The number of thiophene rings is 1. The maximum Gasteiger partial charge on any atom is 0.252 e. The van der Waals surface area contributed by atoms with Crippen LogP contribution in [0.3, 0.4) is 0 Å². The highest BCUT2D eigenvalue weighted by Crippen LogP contribution is 2.33. The molecule has 1 aromatic carbocycles. The van der Waals surface area contributed by atoms with E-state index in [0.717, 1.165) is 23.3 Å². The zero-order valence-electron chi connectivity index (χ0n) is 16.1. The number of nitrogens with one attached hydrogen (secondary N) is 1. The van der Waals surface area contributed by atoms with Crippen LogP contribution in [0.4, 0.5) is 5.69 Å². The highest BCUT2D eigenvalue weighted by atomic mass is 32.2. The number of carbonyl (C=O) groups excluding carboxylic acids is 1. The number of hydrogen-bond donors (Lipinski definition) is 1. The molecule has 0 saturated carbocycles. The summed E-state index contributed by atoms with van der Waals surface area (Å²) in [5.74, 6) is 0.925. The Bertz CT molecular complexity index is 963. The predicted molar refractivity (Wildman–Crippen MR) is 109 cm³/mol. The number of hydrogen-bond acceptors (Lipinski definition) is 6. The van der Waals surface area contributed by atoms with Gasteiger partial charge < -0.3 is 14.8 Å². The van der Waals surface area contributed by atoms with E-state index in [1.807, 2.05) is 0 Å². The predicted octanol–water partition coefficient (Wildman–Crippen LogP) is 3.04. The second-order valence-electron chi connectivity index (χ2n) is 6.56. The Balaban J connectivity index is 1.72. The first-order chi connectivity index (χ1) is 13.3. The molecule has 0 aliphatic carbocycles. The van der Waals surface area contributed by atoms with Gasteiger partial charge in [-0.1, -0.05) is 6.07 Å². The van der Waals surface area contributed by atoms with Crippen LogP contribution in [-0.2, 0) is 21.2 Å². The van der Waals surface area contributed by atoms with Crippen LogP contribution in [0.5, 0.6) is 11.5 Å². The lowest BCUT2D eigenvalue weighted by Crippen LogP contribution is -2.27. The number of aryl methyl sites for hydroxylation is 1. The van der Waals surface area contributed by atoms with E-state index in [1.54, 1.807) is 45.4 Å². The fraction of sp³-hybridized carbons (Fsp3) is 0.421. The molecule has 0 bridgehead atoms. The second-order valence-corrected chi connectivity index (χ2v) is 9.98. The first-order valence-electron chi connectivity index (χ1n) is 8.96. The number of amides is 1. The van der Waals surface area contributed by atoms with E-state index in [0.29, 0.717) is 30.3 Å². The number of methoxy groups -OCH3 is 2. The minimum absolute atomic E-state index is 0.143. The Morgan fingerprint density at radius 3 is 2.46 bits per heavy atom. The number of anilines is 1. The molecule has 2 aromatic rings. The smallest absolute Gasteiger partial charge is 0.252 e. The Morgan fingerprint density at radius 2 is 1.82 bits per heavy atom. The van der Waals surface area contributed by atoms with Crippen molar-refractivity contribution >= 4 is 33.0 Å². The first-order valence-corrected chi connectivity index (χ1v) is 11.2. The van der Waals surface area contributed by atoms with Gasteiger partial charge in [-0.15, -0.1) is 11.3 Å². The second kappa shape index (κ2) is 8.50. The molecule has 3 rings (SSSR count). The number of sulfonamides is 1. The van der Waals surface area contributed by atoms with Crippen molar-refractivity contribution in [1.82, 2.24) is 4.31 Å². The number of rotatable bonds is 7. The Kier molecular flexibility index (Phi) is 6.26. The van der Waals surface area contributed by atoms with E-state index in [1.165, 1.54) is 15.6 Å². The highest BCUT2D eigenvalue weighted by Gasteiger charge is 2.29. The molecule has 1 N–H and O–H groups in total. The van der Waals surface area contributed by atoms with Crippen LogP contribution in [0.1, 0.15) is 23.3 Å². The third kappa shape index (κ3) is 4.31. The molecule has 2 heterocycles. The maximum absolute atomic E-state index is 12.7. The molecular formula is C19H24N2O5S2. The van der Waals surface area contributed by atoms with Gasteiger partial charge in [0.05, 0.1) is 26.3 Å². The summed E-state index contributed by atoms with van der Waals surface area (Å²) in [5, 5.41) is 2.82. The van der Waals surface area contributed by atoms with Crippen LogP contribution >= 0.6 is 11.3 Å². The van der Waals surface area contributed by atoms with Gasteiger partial charge in [-0.3, -0.25) is 4.79 Å². The molecule has 1 fully saturated rings. The van der Waals surface area contributed by atoms with Gasteiger partial charge >= 0.3 is 0 Å². The fourth-order valence-corrected chi connectivity index (χ4v) is 6.20. The summed E-state index contributed by atoms with van der Waals surface area (Å²) in [6.07, 6.45) is 1.92. The summed E-state index contributed by atoms with van der Waals surface area (Å²) in [5.41, 5.74) is 1.31. The Labute approximate surface area is 169 Å². The molecule has 1 amide bonds. The Morgan fingerprint density at radius 1 is 1.14 bits per heavy atom. The maximum atomic E-state index is 12.7. The molecule has 9 heteroatoms. The van der Waals surface area contributed by atoms with E-state index in [2.05, 4.69) is 5.32 Å². The third-order valence-electron chi connectivity index (χ3n) is 4.64. The summed E-state index contributed by atoms with van der Waals surface area (Å²) in [6.45, 7) is 2.92. The summed E-state index contributed by atoms with van der Waals surface area (Å²) in [7, 11) is -0.388. The zero-order chi connectivity index (χ0) is 20.3. The van der Waals surface area contributed by atoms with Crippen LogP contribution in [0, 0.1) is 6.92 Å². The minimum Gasteiger partial charge on any atom is -0.493 e. The van der Waals surface area contributed by atoms with Gasteiger partial charge in [-0.25, -0.2) is 8.42 Å². The average molecular weight is 425 g/mol. The van der Waals surface area contributed by atoms with E-state index >= 15 is 0 Å². The van der Waals surface area contributed by atoms with Crippen molar-refractivity contribution in [3.8, 4) is 11.5 Å². The van der Waals surface area contributed by atoms with Crippen molar-refractivity contribution < 1.29 is 22.7 Å². The van der Waals surface area contributed by atoms with E-state index in [4.69, 9.17) is 9.47 Å². The average Bonchev–Trinajstić information content (AvgIpc) is 3.33. The number of ether oxygens (including phenoxy) is 2. The zero-order valence-corrected chi connectivity index (χ0v) is 17.8. The van der Waals surface area contributed by atoms with Gasteiger partial charge in [0.15, 0.2) is 11.5 Å². The van der Waals surface area contributed by atoms with Crippen LogP contribution in [-0.4, -0.2) is 45.9 Å². The van der Waals surface area contributed by atoms with Gasteiger partial charge in [-0.2, -0.15) is 4.31 Å². The normalized spacial score (nSPS) is 14.8. The lowest BCUT2D eigenvalue weighted by Gasteiger charge is -2.13. The molecule has 7 nitrogen and oxygen atoms in total. The molecule has 1 saturated heterocycles. The summed E-state index contributed by atoms with van der Waals surface area (Å²) in [4.78, 5) is 13.2. The van der Waals surface area contributed by atoms with E-state index in [-0.39, 0.29) is 16.5 Å². The summed E-state index contributed by atoms with van der Waals surface area (Å²) in [6, 6.07) is 6.85. The van der Waals surface area contributed by atoms with Gasteiger partial charge in [0.25, 0.3) is 10.0 Å². The molecule has 0 spiro atoms. The van der Waals surface area contributed by atoms with E-state index < -0.39 is 10.0 Å². The van der Waals surface area contributed by atoms with Crippen molar-refractivity contribution in [3.05, 3.63) is 34.7 Å². The van der Waals surface area contributed by atoms with E-state index in [9.17, 15) is 13.2 Å². The van der Waals surface area contributed by atoms with Crippen molar-refractivity contribution in [3.63, 3.8) is 0 Å². The molecule has 1 aliphatic heterocycles. The minimum atomic E-state index is -3.48. The molecule has 28 heavy (non-hydrogen) atoms. The quantitative estimate of drug-likeness (QED) is 0.738. The summed E-state index contributed by atoms with van der Waals surface area (Å²) >= 11 is 1.19. The number of carbonyl (C=O) groups is 1. The molecular weight excluding hydrogens is 400 g/mol. The topological polar surface area (TPSA) is 84.9 Å². The van der Waals surface area contributed by atoms with Gasteiger partial charge in [0.1, 0.15) is 4.21 Å². The monoisotopic (exact) mass is 424 g/mol. The van der Waals surface area contributed by atoms with Crippen molar-refractivity contribution in [1.29, 1.82) is 0 Å². The number of benzene rings is 1. The molecule has 0 atom stereocenters. The molecule has 1 aliphatic rings. The lowest BCUT2D eigenvalue weighted by molar-refractivity contribution is -0.115. The lowest BCUT2D eigenvalue weighted by atomic mass is 10.1. The van der Waals surface area contributed by atoms with Crippen molar-refractivity contribution in [2.24, 2.45) is 0 Å².